The van der Waals surface area contributed by atoms with Crippen molar-refractivity contribution in [3.05, 3.63) is 187 Å². The first-order chi connectivity index (χ1) is 28.6. The van der Waals surface area contributed by atoms with Crippen molar-refractivity contribution in [2.45, 2.75) is 52.4 Å². The molecule has 11 aromatic rings. The molecule has 5 heterocycles. The predicted octanol–water partition coefficient (Wildman–Crippen LogP) is 13.6. The average molecular weight is 959 g/mol. The molecular weight excluding hydrogens is 914 g/mol. The van der Waals surface area contributed by atoms with Gasteiger partial charge in [-0.05, 0) is 93.4 Å². The topological polar surface area (TPSA) is 40.6 Å². The zero-order valence-electron chi connectivity index (χ0n) is 34.6. The fourth-order valence-electron chi connectivity index (χ4n) is 8.56. The minimum absolute atomic E-state index is 0. The Bertz CT molecular complexity index is 3260. The van der Waals surface area contributed by atoms with Crippen LogP contribution in [-0.4, -0.2) is 23.7 Å². The number of nitrogens with zero attached hydrogens (tertiary/aromatic N) is 5. The molecule has 6 heteroatoms. The van der Waals surface area contributed by atoms with Crippen LogP contribution in [0.5, 0.6) is 0 Å². The molecule has 0 saturated carbocycles. The molecule has 0 atom stereocenters. The Morgan fingerprint density at radius 2 is 0.800 bits per heavy atom. The van der Waals surface area contributed by atoms with Gasteiger partial charge in [-0.2, -0.15) is 48.5 Å². The molecular formula is C54H45N5Pt. The van der Waals surface area contributed by atoms with E-state index in [2.05, 4.69) is 206 Å². The SMILES string of the molecule is CC(C)(C)c1ccnc(-n2c3[c-]cccc3c3cc(-n4c5ccccc5c5ccccc54)ccc32)c1.CC(C)(C)c1ccnc(-n2c3[c-]cccc3c3ccccc32)c1.[Pt+2]. The van der Waals surface area contributed by atoms with Gasteiger partial charge in [-0.3, -0.25) is 0 Å². The number of rotatable bonds is 3. The van der Waals surface area contributed by atoms with Crippen LogP contribution in [0.1, 0.15) is 52.7 Å². The summed E-state index contributed by atoms with van der Waals surface area (Å²) >= 11 is 0. The van der Waals surface area contributed by atoms with Gasteiger partial charge in [0.1, 0.15) is 11.6 Å². The summed E-state index contributed by atoms with van der Waals surface area (Å²) in [7, 11) is 0. The Morgan fingerprint density at radius 3 is 1.28 bits per heavy atom. The summed E-state index contributed by atoms with van der Waals surface area (Å²) in [6.07, 6.45) is 3.82. The van der Waals surface area contributed by atoms with Crippen LogP contribution in [0.2, 0.25) is 0 Å². The summed E-state index contributed by atoms with van der Waals surface area (Å²) in [6, 6.07) is 60.4. The van der Waals surface area contributed by atoms with E-state index in [1.807, 2.05) is 30.6 Å². The zero-order valence-corrected chi connectivity index (χ0v) is 36.9. The summed E-state index contributed by atoms with van der Waals surface area (Å²) in [5.74, 6) is 1.88. The van der Waals surface area contributed by atoms with Gasteiger partial charge in [0.15, 0.2) is 0 Å². The van der Waals surface area contributed by atoms with Gasteiger partial charge in [0.2, 0.25) is 0 Å². The van der Waals surface area contributed by atoms with Crippen molar-refractivity contribution in [1.29, 1.82) is 0 Å². The third-order valence-electron chi connectivity index (χ3n) is 11.6. The summed E-state index contributed by atoms with van der Waals surface area (Å²) < 4.78 is 6.83. The molecule has 6 aromatic carbocycles. The Balaban J connectivity index is 0.000000167. The molecule has 0 amide bonds. The normalized spacial score (nSPS) is 12.0. The number of aromatic nitrogens is 5. The van der Waals surface area contributed by atoms with Crippen LogP contribution in [0.4, 0.5) is 0 Å². The second kappa shape index (κ2) is 15.1. The van der Waals surface area contributed by atoms with E-state index in [1.165, 1.54) is 60.0 Å². The largest absolute Gasteiger partial charge is 2.00 e. The first-order valence-electron chi connectivity index (χ1n) is 20.3. The Morgan fingerprint density at radius 1 is 0.400 bits per heavy atom. The van der Waals surface area contributed by atoms with Gasteiger partial charge in [-0.1, -0.05) is 107 Å². The van der Waals surface area contributed by atoms with E-state index in [0.29, 0.717) is 0 Å². The molecule has 0 bridgehead atoms. The Hall–Kier alpha value is -6.29. The summed E-state index contributed by atoms with van der Waals surface area (Å²) in [5.41, 5.74) is 10.7. The van der Waals surface area contributed by atoms with Gasteiger partial charge in [0.25, 0.3) is 0 Å². The molecule has 296 valence electrons. The van der Waals surface area contributed by atoms with Gasteiger partial charge in [0.05, 0.1) is 11.0 Å². The first kappa shape index (κ1) is 39.2. The summed E-state index contributed by atoms with van der Waals surface area (Å²) in [6.45, 7) is 13.4. The van der Waals surface area contributed by atoms with Crippen molar-refractivity contribution in [1.82, 2.24) is 23.7 Å². The molecule has 0 fully saturated rings. The van der Waals surface area contributed by atoms with Crippen molar-refractivity contribution in [2.24, 2.45) is 0 Å². The molecule has 0 aliphatic heterocycles. The van der Waals surface area contributed by atoms with Gasteiger partial charge >= 0.3 is 21.1 Å². The first-order valence-corrected chi connectivity index (χ1v) is 20.3. The third-order valence-corrected chi connectivity index (χ3v) is 11.6. The standard InChI is InChI=1S/C33H26N3.C21H19N2.Pt/c1-33(2,3)22-18-19-34-32(20-22)36-30-15-9-6-12-26(30)27-21-23(16-17-31(27)36)35-28-13-7-4-10-24(28)25-11-5-8-14-29(25)35;1-21(2,3)15-12-13-22-20(14-15)23-18-10-6-4-8-16(18)17-9-5-7-11-19(17)23;/h4-14,16-21H,1-3H3;4-10,12-14H,1-3H3;/q2*-1;+2. The average Bonchev–Trinajstić information content (AvgIpc) is 3.89. The van der Waals surface area contributed by atoms with Crippen LogP contribution in [0.15, 0.2) is 164 Å². The number of benzene rings is 6. The minimum Gasteiger partial charge on any atom is -0.319 e. The van der Waals surface area contributed by atoms with E-state index in [0.717, 1.165) is 33.9 Å². The molecule has 0 N–H and O–H groups in total. The van der Waals surface area contributed by atoms with Gasteiger partial charge in [-0.15, -0.1) is 10.8 Å². The van der Waals surface area contributed by atoms with Crippen LogP contribution in [0.25, 0.3) is 82.7 Å². The minimum atomic E-state index is 0. The van der Waals surface area contributed by atoms with Crippen molar-refractivity contribution in [2.75, 3.05) is 0 Å². The van der Waals surface area contributed by atoms with Crippen molar-refractivity contribution in [3.8, 4) is 17.3 Å². The predicted molar refractivity (Wildman–Crippen MR) is 247 cm³/mol. The second-order valence-electron chi connectivity index (χ2n) is 17.4. The van der Waals surface area contributed by atoms with Crippen LogP contribution in [0.3, 0.4) is 0 Å². The summed E-state index contributed by atoms with van der Waals surface area (Å²) in [5, 5.41) is 7.37. The molecule has 0 spiro atoms. The number of pyridine rings is 2. The molecule has 0 unspecified atom stereocenters. The van der Waals surface area contributed by atoms with E-state index in [4.69, 9.17) is 4.98 Å². The maximum Gasteiger partial charge on any atom is 2.00 e. The number of hydrogen-bond donors (Lipinski definition) is 0. The third kappa shape index (κ3) is 6.62. The Labute approximate surface area is 365 Å². The van der Waals surface area contributed by atoms with Crippen LogP contribution in [-0.2, 0) is 31.9 Å². The molecule has 11 rings (SSSR count). The van der Waals surface area contributed by atoms with E-state index < -0.39 is 0 Å². The molecule has 5 nitrogen and oxygen atoms in total. The molecule has 0 radical (unpaired) electrons. The van der Waals surface area contributed by atoms with Crippen molar-refractivity contribution >= 4 is 65.4 Å². The number of hydrogen-bond acceptors (Lipinski definition) is 2. The smallest absolute Gasteiger partial charge is 0.319 e. The molecule has 0 saturated heterocycles. The molecule has 0 aliphatic carbocycles. The second-order valence-corrected chi connectivity index (χ2v) is 17.4. The number of para-hydroxylation sites is 5. The zero-order chi connectivity index (χ0) is 40.5. The maximum atomic E-state index is 4.79. The van der Waals surface area contributed by atoms with Crippen LogP contribution in [0, 0.1) is 12.1 Å². The van der Waals surface area contributed by atoms with Crippen molar-refractivity contribution < 1.29 is 21.1 Å². The monoisotopic (exact) mass is 958 g/mol. The molecule has 0 aliphatic rings. The van der Waals surface area contributed by atoms with Crippen LogP contribution >= 0.6 is 0 Å². The Kier molecular flexibility index (Phi) is 9.84. The molecule has 60 heavy (non-hydrogen) atoms. The maximum absolute atomic E-state index is 4.79. The van der Waals surface area contributed by atoms with E-state index >= 15 is 0 Å². The molecule has 5 aromatic heterocycles. The quantitative estimate of drug-likeness (QED) is 0.166. The fourth-order valence-corrected chi connectivity index (χ4v) is 8.56. The number of fused-ring (bicyclic) bond motifs is 9. The van der Waals surface area contributed by atoms with E-state index in [-0.39, 0.29) is 31.9 Å². The van der Waals surface area contributed by atoms with Crippen molar-refractivity contribution in [3.63, 3.8) is 0 Å². The van der Waals surface area contributed by atoms with Crippen LogP contribution < -0.4 is 0 Å². The van der Waals surface area contributed by atoms with Gasteiger partial charge in [-0.25, -0.2) is 9.97 Å². The summed E-state index contributed by atoms with van der Waals surface area (Å²) in [4.78, 5) is 9.43. The fraction of sp³-hybridized carbons (Fsp3) is 0.148. The van der Waals surface area contributed by atoms with Gasteiger partial charge in [0, 0.05) is 39.9 Å². The van der Waals surface area contributed by atoms with E-state index in [9.17, 15) is 0 Å². The van der Waals surface area contributed by atoms with Gasteiger partial charge < -0.3 is 13.7 Å². The van der Waals surface area contributed by atoms with E-state index in [1.54, 1.807) is 0 Å².